The molecule has 0 amide bonds. The molecule has 1 aromatic rings. The third kappa shape index (κ3) is 5.70. The third-order valence-electron chi connectivity index (χ3n) is 2.01. The standard InChI is InChI=1S/C11H17ClN4S/c1-8(12)6-15-11(13-3)14-5-4-10-7-17-9(2)16-10/h7H,1,4-6H2,2-3H3,(H2,13,14,15). The van der Waals surface area contributed by atoms with Crippen molar-refractivity contribution in [1.29, 1.82) is 0 Å². The lowest BCUT2D eigenvalue weighted by molar-refractivity contribution is 0.807. The van der Waals surface area contributed by atoms with E-state index < -0.39 is 0 Å². The van der Waals surface area contributed by atoms with Gasteiger partial charge in [-0.05, 0) is 6.92 Å². The van der Waals surface area contributed by atoms with E-state index in [-0.39, 0.29) is 0 Å². The molecule has 0 fully saturated rings. The van der Waals surface area contributed by atoms with Crippen molar-refractivity contribution in [2.75, 3.05) is 20.1 Å². The average molecular weight is 273 g/mol. The molecule has 0 aliphatic carbocycles. The zero-order chi connectivity index (χ0) is 12.7. The van der Waals surface area contributed by atoms with Crippen LogP contribution in [-0.4, -0.2) is 31.1 Å². The van der Waals surface area contributed by atoms with Gasteiger partial charge >= 0.3 is 0 Å². The maximum Gasteiger partial charge on any atom is 0.191 e. The molecule has 6 heteroatoms. The molecular weight excluding hydrogens is 256 g/mol. The predicted molar refractivity (Wildman–Crippen MR) is 74.9 cm³/mol. The maximum atomic E-state index is 5.66. The lowest BCUT2D eigenvalue weighted by Crippen LogP contribution is -2.38. The van der Waals surface area contributed by atoms with Crippen LogP contribution >= 0.6 is 22.9 Å². The van der Waals surface area contributed by atoms with Crippen molar-refractivity contribution in [1.82, 2.24) is 15.6 Å². The van der Waals surface area contributed by atoms with Gasteiger partial charge in [0.15, 0.2) is 5.96 Å². The van der Waals surface area contributed by atoms with Crippen molar-refractivity contribution >= 4 is 28.9 Å². The lowest BCUT2D eigenvalue weighted by Gasteiger charge is -2.10. The third-order valence-corrected chi connectivity index (χ3v) is 2.97. The van der Waals surface area contributed by atoms with E-state index in [1.54, 1.807) is 18.4 Å². The summed E-state index contributed by atoms with van der Waals surface area (Å²) in [5, 5.41) is 9.97. The van der Waals surface area contributed by atoms with E-state index >= 15 is 0 Å². The van der Waals surface area contributed by atoms with Gasteiger partial charge in [0.2, 0.25) is 0 Å². The average Bonchev–Trinajstić information content (AvgIpc) is 2.69. The highest BCUT2D eigenvalue weighted by molar-refractivity contribution is 7.09. The Kier molecular flexibility index (Phi) is 6.00. The fraction of sp³-hybridized carbons (Fsp3) is 0.455. The molecule has 0 aliphatic heterocycles. The van der Waals surface area contributed by atoms with Crippen LogP contribution in [0.2, 0.25) is 0 Å². The Labute approximate surface area is 111 Å². The predicted octanol–water partition coefficient (Wildman–Crippen LogP) is 1.91. The van der Waals surface area contributed by atoms with Gasteiger partial charge in [-0.3, -0.25) is 4.99 Å². The van der Waals surface area contributed by atoms with E-state index in [2.05, 4.69) is 32.6 Å². The molecule has 0 atom stereocenters. The first-order valence-corrected chi connectivity index (χ1v) is 6.56. The number of aliphatic imine (C=N–C) groups is 1. The first-order valence-electron chi connectivity index (χ1n) is 5.30. The van der Waals surface area contributed by atoms with E-state index in [1.807, 2.05) is 6.92 Å². The number of thiazole rings is 1. The molecular formula is C11H17ClN4S. The highest BCUT2D eigenvalue weighted by Gasteiger charge is 2.00. The van der Waals surface area contributed by atoms with Crippen LogP contribution in [0.25, 0.3) is 0 Å². The van der Waals surface area contributed by atoms with Gasteiger partial charge < -0.3 is 10.6 Å². The Morgan fingerprint density at radius 3 is 2.88 bits per heavy atom. The molecule has 1 rings (SSSR count). The minimum atomic E-state index is 0.511. The van der Waals surface area contributed by atoms with Crippen LogP contribution in [0.5, 0.6) is 0 Å². The molecule has 0 bridgehead atoms. The van der Waals surface area contributed by atoms with Gasteiger partial charge in [0.05, 0.1) is 17.2 Å². The molecule has 0 aromatic carbocycles. The minimum absolute atomic E-state index is 0.511. The van der Waals surface area contributed by atoms with Crippen LogP contribution in [0, 0.1) is 6.92 Å². The van der Waals surface area contributed by atoms with E-state index in [4.69, 9.17) is 11.6 Å². The van der Waals surface area contributed by atoms with E-state index in [1.165, 1.54) is 0 Å². The van der Waals surface area contributed by atoms with Gasteiger partial charge in [0.1, 0.15) is 0 Å². The van der Waals surface area contributed by atoms with Crippen molar-refractivity contribution in [3.63, 3.8) is 0 Å². The summed E-state index contributed by atoms with van der Waals surface area (Å²) in [5.74, 6) is 0.721. The monoisotopic (exact) mass is 272 g/mol. The van der Waals surface area contributed by atoms with Crippen molar-refractivity contribution in [2.45, 2.75) is 13.3 Å². The van der Waals surface area contributed by atoms with Crippen LogP contribution in [0.15, 0.2) is 22.0 Å². The van der Waals surface area contributed by atoms with Gasteiger partial charge in [0, 0.05) is 30.4 Å². The quantitative estimate of drug-likeness (QED) is 0.636. The molecule has 0 saturated carbocycles. The van der Waals surface area contributed by atoms with Crippen molar-refractivity contribution < 1.29 is 0 Å². The molecule has 0 unspecified atom stereocenters. The highest BCUT2D eigenvalue weighted by Crippen LogP contribution is 2.07. The zero-order valence-electron chi connectivity index (χ0n) is 10.1. The van der Waals surface area contributed by atoms with Crippen molar-refractivity contribution in [3.05, 3.63) is 27.7 Å². The second-order valence-electron chi connectivity index (χ2n) is 3.48. The van der Waals surface area contributed by atoms with Crippen LogP contribution in [0.4, 0.5) is 0 Å². The van der Waals surface area contributed by atoms with Crippen LogP contribution in [-0.2, 0) is 6.42 Å². The second kappa shape index (κ2) is 7.29. The molecule has 0 aliphatic rings. The topological polar surface area (TPSA) is 49.3 Å². The largest absolute Gasteiger partial charge is 0.356 e. The summed E-state index contributed by atoms with van der Waals surface area (Å²) in [6.07, 6.45) is 0.882. The number of aryl methyl sites for hydroxylation is 1. The Balaban J connectivity index is 2.26. The summed E-state index contributed by atoms with van der Waals surface area (Å²) < 4.78 is 0. The summed E-state index contributed by atoms with van der Waals surface area (Å²) >= 11 is 7.33. The smallest absolute Gasteiger partial charge is 0.191 e. The van der Waals surface area contributed by atoms with Crippen LogP contribution in [0.3, 0.4) is 0 Å². The summed E-state index contributed by atoms with van der Waals surface area (Å²) in [6.45, 7) is 6.91. The Morgan fingerprint density at radius 1 is 1.59 bits per heavy atom. The molecule has 1 heterocycles. The number of guanidine groups is 1. The van der Waals surface area contributed by atoms with Crippen molar-refractivity contribution in [3.8, 4) is 0 Å². The van der Waals surface area contributed by atoms with Crippen molar-refractivity contribution in [2.24, 2.45) is 4.99 Å². The molecule has 1 aromatic heterocycles. The van der Waals surface area contributed by atoms with Crippen LogP contribution < -0.4 is 10.6 Å². The lowest BCUT2D eigenvalue weighted by atomic mass is 10.3. The molecule has 2 N–H and O–H groups in total. The Morgan fingerprint density at radius 2 is 2.35 bits per heavy atom. The number of nitrogens with one attached hydrogen (secondary N) is 2. The number of halogens is 1. The van der Waals surface area contributed by atoms with Gasteiger partial charge in [-0.1, -0.05) is 18.2 Å². The summed E-state index contributed by atoms with van der Waals surface area (Å²) in [5.41, 5.74) is 1.11. The number of aromatic nitrogens is 1. The number of hydrogen-bond acceptors (Lipinski definition) is 3. The molecule has 0 saturated heterocycles. The number of nitrogens with zero attached hydrogens (tertiary/aromatic N) is 2. The first-order chi connectivity index (χ1) is 8.11. The van der Waals surface area contributed by atoms with E-state index in [0.717, 1.165) is 29.6 Å². The van der Waals surface area contributed by atoms with E-state index in [0.29, 0.717) is 11.6 Å². The van der Waals surface area contributed by atoms with Crippen LogP contribution in [0.1, 0.15) is 10.7 Å². The SMILES string of the molecule is C=C(Cl)CNC(=NC)NCCc1csc(C)n1. The second-order valence-corrected chi connectivity index (χ2v) is 5.07. The summed E-state index contributed by atoms with van der Waals surface area (Å²) in [6, 6.07) is 0. The molecule has 0 radical (unpaired) electrons. The van der Waals surface area contributed by atoms with Gasteiger partial charge in [0.25, 0.3) is 0 Å². The Bertz CT molecular complexity index is 400. The number of rotatable bonds is 5. The molecule has 4 nitrogen and oxygen atoms in total. The molecule has 94 valence electrons. The fourth-order valence-electron chi connectivity index (χ4n) is 1.23. The number of hydrogen-bond donors (Lipinski definition) is 2. The summed E-state index contributed by atoms with van der Waals surface area (Å²) in [7, 11) is 1.72. The maximum absolute atomic E-state index is 5.66. The highest BCUT2D eigenvalue weighted by atomic mass is 35.5. The summed E-state index contributed by atoms with van der Waals surface area (Å²) in [4.78, 5) is 8.46. The fourth-order valence-corrected chi connectivity index (χ4v) is 1.95. The van der Waals surface area contributed by atoms with E-state index in [9.17, 15) is 0 Å². The van der Waals surface area contributed by atoms with Gasteiger partial charge in [-0.2, -0.15) is 0 Å². The normalized spacial score (nSPS) is 11.4. The minimum Gasteiger partial charge on any atom is -0.356 e. The molecule has 0 spiro atoms. The van der Waals surface area contributed by atoms with Gasteiger partial charge in [-0.25, -0.2) is 4.98 Å². The Hall–Kier alpha value is -1.07. The van der Waals surface area contributed by atoms with Gasteiger partial charge in [-0.15, -0.1) is 11.3 Å². The first kappa shape index (κ1) is 14.0. The molecule has 17 heavy (non-hydrogen) atoms. The zero-order valence-corrected chi connectivity index (χ0v) is 11.7.